The van der Waals surface area contributed by atoms with Crippen molar-refractivity contribution < 1.29 is 14.7 Å². The molecule has 0 saturated carbocycles. The molecular formula is C16H22N3O3. The summed E-state index contributed by atoms with van der Waals surface area (Å²) in [5.41, 5.74) is 7.81. The molecule has 22 heavy (non-hydrogen) atoms. The summed E-state index contributed by atoms with van der Waals surface area (Å²) in [6.45, 7) is 6.46. The number of carboxylic acid groups (broad SMARTS) is 1. The van der Waals surface area contributed by atoms with E-state index in [9.17, 15) is 9.59 Å². The number of carboxylic acids is 1. The highest BCUT2D eigenvalue weighted by atomic mass is 16.4. The summed E-state index contributed by atoms with van der Waals surface area (Å²) in [7, 11) is 0. The highest BCUT2D eigenvalue weighted by molar-refractivity contribution is 5.97. The Morgan fingerprint density at radius 1 is 1.27 bits per heavy atom. The van der Waals surface area contributed by atoms with E-state index in [-0.39, 0.29) is 12.3 Å². The van der Waals surface area contributed by atoms with Gasteiger partial charge >= 0.3 is 5.97 Å². The van der Waals surface area contributed by atoms with Gasteiger partial charge in [-0.1, -0.05) is 19.1 Å². The van der Waals surface area contributed by atoms with Crippen molar-refractivity contribution in [2.24, 2.45) is 11.7 Å². The van der Waals surface area contributed by atoms with Crippen LogP contribution in [0.25, 0.3) is 0 Å². The van der Waals surface area contributed by atoms with Gasteiger partial charge in [0.25, 0.3) is 0 Å². The molecular weight excluding hydrogens is 282 g/mol. The molecule has 1 amide bonds. The van der Waals surface area contributed by atoms with Gasteiger partial charge in [0.15, 0.2) is 0 Å². The van der Waals surface area contributed by atoms with Gasteiger partial charge in [-0.25, -0.2) is 0 Å². The Labute approximate surface area is 130 Å². The number of carbonyl (C=O) groups is 2. The third-order valence-corrected chi connectivity index (χ3v) is 3.99. The lowest BCUT2D eigenvalue weighted by atomic mass is 10.0. The van der Waals surface area contributed by atoms with E-state index in [1.807, 2.05) is 24.3 Å². The maximum absolute atomic E-state index is 12.2. The van der Waals surface area contributed by atoms with Crippen molar-refractivity contribution in [1.29, 1.82) is 0 Å². The zero-order valence-corrected chi connectivity index (χ0v) is 12.6. The summed E-state index contributed by atoms with van der Waals surface area (Å²) in [5.74, 6) is -2.47. The van der Waals surface area contributed by atoms with Crippen LogP contribution in [0.2, 0.25) is 0 Å². The summed E-state index contributed by atoms with van der Waals surface area (Å²) in [6.07, 6.45) is 0.0763. The highest BCUT2D eigenvalue weighted by Crippen LogP contribution is 2.19. The minimum Gasteiger partial charge on any atom is -0.481 e. The summed E-state index contributed by atoms with van der Waals surface area (Å²) < 4.78 is 0. The number of nitrogens with two attached hydrogens (primary N) is 1. The summed E-state index contributed by atoms with van der Waals surface area (Å²) >= 11 is 0. The second kappa shape index (κ2) is 7.26. The Balaban J connectivity index is 1.97. The maximum Gasteiger partial charge on any atom is 0.316 e. The van der Waals surface area contributed by atoms with Crippen LogP contribution in [0.1, 0.15) is 12.0 Å². The largest absolute Gasteiger partial charge is 0.481 e. The van der Waals surface area contributed by atoms with Crippen LogP contribution in [0.5, 0.6) is 0 Å². The van der Waals surface area contributed by atoms with Crippen molar-refractivity contribution in [3.05, 3.63) is 36.8 Å². The molecule has 0 aromatic heterocycles. The zero-order valence-electron chi connectivity index (χ0n) is 12.6. The van der Waals surface area contributed by atoms with Crippen LogP contribution in [-0.2, 0) is 16.1 Å². The summed E-state index contributed by atoms with van der Waals surface area (Å²) in [4.78, 5) is 27.0. The lowest BCUT2D eigenvalue weighted by Gasteiger charge is -2.37. The smallest absolute Gasteiger partial charge is 0.316 e. The second-order valence-electron chi connectivity index (χ2n) is 5.37. The molecule has 1 heterocycles. The first-order valence-electron chi connectivity index (χ1n) is 7.41. The van der Waals surface area contributed by atoms with Crippen LogP contribution < -0.4 is 10.6 Å². The van der Waals surface area contributed by atoms with Gasteiger partial charge in [0.05, 0.1) is 0 Å². The van der Waals surface area contributed by atoms with E-state index in [1.54, 1.807) is 4.90 Å². The fraction of sp³-hybridized carbons (Fsp3) is 0.438. The predicted molar refractivity (Wildman–Crippen MR) is 84.2 cm³/mol. The molecule has 1 fully saturated rings. The van der Waals surface area contributed by atoms with E-state index < -0.39 is 11.9 Å². The molecule has 1 saturated heterocycles. The van der Waals surface area contributed by atoms with Crippen LogP contribution in [0.3, 0.4) is 0 Å². The van der Waals surface area contributed by atoms with Crippen molar-refractivity contribution in [2.45, 2.75) is 13.0 Å². The molecule has 0 spiro atoms. The molecule has 1 aliphatic heterocycles. The lowest BCUT2D eigenvalue weighted by molar-refractivity contribution is -0.151. The molecule has 1 unspecified atom stereocenters. The molecule has 119 valence electrons. The first-order chi connectivity index (χ1) is 10.6. The fourth-order valence-corrected chi connectivity index (χ4v) is 2.64. The van der Waals surface area contributed by atoms with E-state index in [1.165, 1.54) is 0 Å². The third kappa shape index (κ3) is 3.57. The number of hydrogen-bond donors (Lipinski definition) is 2. The number of piperazine rings is 1. The number of carbonyl (C=O) groups excluding carboxylic acids is 1. The Hall–Kier alpha value is -2.08. The Morgan fingerprint density at radius 2 is 1.95 bits per heavy atom. The van der Waals surface area contributed by atoms with E-state index >= 15 is 0 Å². The number of benzene rings is 1. The van der Waals surface area contributed by atoms with Gasteiger partial charge < -0.3 is 20.6 Å². The standard InChI is InChI=1S/C16H22N3O3/c1-2-14(16(21)22)15(20)19-8-6-18(7-9-19)13-5-3-4-12(10-13)11-17/h3-5,10,14H,1-2,6-9,11,17H2,(H,21,22). The SMILES string of the molecule is [CH2]CC(C(=O)O)C(=O)N1CCN(c2cccc(CN)c2)CC1. The fourth-order valence-electron chi connectivity index (χ4n) is 2.64. The van der Waals surface area contributed by atoms with Gasteiger partial charge in [0, 0.05) is 38.4 Å². The monoisotopic (exact) mass is 304 g/mol. The second-order valence-corrected chi connectivity index (χ2v) is 5.37. The number of amides is 1. The molecule has 0 aliphatic carbocycles. The first-order valence-corrected chi connectivity index (χ1v) is 7.41. The summed E-state index contributed by atoms with van der Waals surface area (Å²) in [5, 5.41) is 9.05. The molecule has 1 radical (unpaired) electrons. The Bertz CT molecular complexity index is 539. The van der Waals surface area contributed by atoms with E-state index in [4.69, 9.17) is 10.8 Å². The van der Waals surface area contributed by atoms with Crippen LogP contribution >= 0.6 is 0 Å². The molecule has 0 bridgehead atoms. The van der Waals surface area contributed by atoms with Crippen molar-refractivity contribution in [2.75, 3.05) is 31.1 Å². The van der Waals surface area contributed by atoms with Gasteiger partial charge in [-0.3, -0.25) is 9.59 Å². The minimum atomic E-state index is -1.10. The molecule has 6 heteroatoms. The number of nitrogens with zero attached hydrogens (tertiary/aromatic N) is 2. The van der Waals surface area contributed by atoms with E-state index in [2.05, 4.69) is 11.8 Å². The third-order valence-electron chi connectivity index (χ3n) is 3.99. The predicted octanol–water partition coefficient (Wildman–Crippen LogP) is 0.719. The molecule has 1 aromatic rings. The van der Waals surface area contributed by atoms with Gasteiger partial charge in [-0.05, 0) is 24.1 Å². The molecule has 3 N–H and O–H groups in total. The van der Waals surface area contributed by atoms with E-state index in [0.29, 0.717) is 32.7 Å². The van der Waals surface area contributed by atoms with Gasteiger partial charge in [-0.2, -0.15) is 0 Å². The zero-order chi connectivity index (χ0) is 16.1. The number of anilines is 1. The van der Waals surface area contributed by atoms with E-state index in [0.717, 1.165) is 11.3 Å². The first kappa shape index (κ1) is 16.3. The summed E-state index contributed by atoms with van der Waals surface area (Å²) in [6, 6.07) is 8.02. The number of rotatable bonds is 5. The highest BCUT2D eigenvalue weighted by Gasteiger charge is 2.30. The van der Waals surface area contributed by atoms with Gasteiger partial charge in [-0.15, -0.1) is 0 Å². The van der Waals surface area contributed by atoms with Crippen molar-refractivity contribution in [3.63, 3.8) is 0 Å². The minimum absolute atomic E-state index is 0.0763. The molecule has 1 aromatic carbocycles. The molecule has 6 nitrogen and oxygen atoms in total. The average molecular weight is 304 g/mol. The quantitative estimate of drug-likeness (QED) is 0.783. The number of hydrogen-bond acceptors (Lipinski definition) is 4. The van der Waals surface area contributed by atoms with Crippen LogP contribution in [0.15, 0.2) is 24.3 Å². The van der Waals surface area contributed by atoms with Gasteiger partial charge in [0.1, 0.15) is 5.92 Å². The normalized spacial score (nSPS) is 16.5. The topological polar surface area (TPSA) is 86.9 Å². The number of aliphatic carboxylic acids is 1. The van der Waals surface area contributed by atoms with Crippen molar-refractivity contribution in [3.8, 4) is 0 Å². The molecule has 1 aliphatic rings. The maximum atomic E-state index is 12.2. The Kier molecular flexibility index (Phi) is 5.38. The lowest BCUT2D eigenvalue weighted by Crippen LogP contribution is -2.51. The van der Waals surface area contributed by atoms with Crippen LogP contribution in [-0.4, -0.2) is 48.1 Å². The van der Waals surface area contributed by atoms with Crippen LogP contribution in [0, 0.1) is 12.8 Å². The Morgan fingerprint density at radius 3 is 2.50 bits per heavy atom. The van der Waals surface area contributed by atoms with Crippen molar-refractivity contribution >= 4 is 17.6 Å². The molecule has 1 atom stereocenters. The van der Waals surface area contributed by atoms with Crippen LogP contribution in [0.4, 0.5) is 5.69 Å². The molecule has 2 rings (SSSR count). The average Bonchev–Trinajstić information content (AvgIpc) is 2.55. The van der Waals surface area contributed by atoms with Gasteiger partial charge in [0.2, 0.25) is 5.91 Å². The van der Waals surface area contributed by atoms with Crippen molar-refractivity contribution in [1.82, 2.24) is 4.90 Å².